The van der Waals surface area contributed by atoms with Crippen molar-refractivity contribution in [3.63, 3.8) is 0 Å². The lowest BCUT2D eigenvalue weighted by molar-refractivity contribution is 0.559. The summed E-state index contributed by atoms with van der Waals surface area (Å²) in [7, 11) is -1.38. The molecule has 2 rings (SSSR count). The fourth-order valence-electron chi connectivity index (χ4n) is 1.85. The van der Waals surface area contributed by atoms with E-state index in [0.717, 1.165) is 20.2 Å². The van der Waals surface area contributed by atoms with E-state index in [1.165, 1.54) is 25.4 Å². The third-order valence-electron chi connectivity index (χ3n) is 3.01. The standard InChI is InChI=1S/C12H15N3O4S2/c1-8(9-5-4-6-20-9)13-21(18,19)10-7-14(2)12(17)15(3)11(10)16/h4-8,13H,1-3H3/t8-/m0/s1. The molecular formula is C12H15N3O4S2. The fraction of sp³-hybridized carbons (Fsp3) is 0.333. The smallest absolute Gasteiger partial charge is 0.302 e. The van der Waals surface area contributed by atoms with Gasteiger partial charge in [-0.1, -0.05) is 6.07 Å². The fourth-order valence-corrected chi connectivity index (χ4v) is 4.04. The Morgan fingerprint density at radius 2 is 1.95 bits per heavy atom. The molecule has 0 aromatic carbocycles. The second-order valence-electron chi connectivity index (χ2n) is 4.61. The topological polar surface area (TPSA) is 90.2 Å². The minimum absolute atomic E-state index is 0.449. The number of sulfonamides is 1. The summed E-state index contributed by atoms with van der Waals surface area (Å²) in [6, 6.07) is 3.16. The monoisotopic (exact) mass is 329 g/mol. The molecular weight excluding hydrogens is 314 g/mol. The van der Waals surface area contributed by atoms with Crippen molar-refractivity contribution in [3.8, 4) is 0 Å². The van der Waals surface area contributed by atoms with Gasteiger partial charge in [-0.25, -0.2) is 17.9 Å². The van der Waals surface area contributed by atoms with Crippen LogP contribution in [0.5, 0.6) is 0 Å². The summed E-state index contributed by atoms with van der Waals surface area (Å²) in [6.45, 7) is 1.69. The van der Waals surface area contributed by atoms with Gasteiger partial charge in [0.15, 0.2) is 4.90 Å². The highest BCUT2D eigenvalue weighted by Crippen LogP contribution is 2.19. The van der Waals surface area contributed by atoms with E-state index in [1.54, 1.807) is 13.0 Å². The van der Waals surface area contributed by atoms with E-state index in [0.29, 0.717) is 0 Å². The number of hydrogen-bond donors (Lipinski definition) is 1. The van der Waals surface area contributed by atoms with Crippen LogP contribution in [0.1, 0.15) is 17.8 Å². The summed E-state index contributed by atoms with van der Waals surface area (Å²) in [4.78, 5) is 24.0. The highest BCUT2D eigenvalue weighted by molar-refractivity contribution is 7.89. The van der Waals surface area contributed by atoms with Crippen LogP contribution in [0.25, 0.3) is 0 Å². The number of rotatable bonds is 4. The summed E-state index contributed by atoms with van der Waals surface area (Å²) < 4.78 is 29.0. The summed E-state index contributed by atoms with van der Waals surface area (Å²) in [5.41, 5.74) is -1.42. The van der Waals surface area contributed by atoms with Crippen LogP contribution < -0.4 is 16.0 Å². The van der Waals surface area contributed by atoms with Gasteiger partial charge in [0.1, 0.15) is 0 Å². The van der Waals surface area contributed by atoms with E-state index in [1.807, 2.05) is 11.4 Å². The first-order chi connectivity index (χ1) is 9.74. The van der Waals surface area contributed by atoms with Crippen molar-refractivity contribution in [3.05, 3.63) is 49.4 Å². The average molecular weight is 329 g/mol. The predicted molar refractivity (Wildman–Crippen MR) is 80.0 cm³/mol. The lowest BCUT2D eigenvalue weighted by Gasteiger charge is -2.13. The zero-order chi connectivity index (χ0) is 15.8. The quantitative estimate of drug-likeness (QED) is 0.867. The second-order valence-corrected chi connectivity index (χ2v) is 7.27. The van der Waals surface area contributed by atoms with Gasteiger partial charge >= 0.3 is 5.69 Å². The first-order valence-electron chi connectivity index (χ1n) is 6.06. The number of nitrogens with one attached hydrogen (secondary N) is 1. The van der Waals surface area contributed by atoms with Crippen LogP contribution >= 0.6 is 11.3 Å². The Bertz CT molecular complexity index is 863. The van der Waals surface area contributed by atoms with Crippen LogP contribution in [-0.4, -0.2) is 17.6 Å². The molecule has 0 radical (unpaired) electrons. The molecule has 0 aliphatic carbocycles. The van der Waals surface area contributed by atoms with Crippen molar-refractivity contribution in [2.75, 3.05) is 0 Å². The van der Waals surface area contributed by atoms with Crippen LogP contribution in [0, 0.1) is 0 Å². The highest BCUT2D eigenvalue weighted by atomic mass is 32.2. The molecule has 2 aromatic heterocycles. The average Bonchev–Trinajstić information content (AvgIpc) is 2.94. The van der Waals surface area contributed by atoms with Crippen molar-refractivity contribution in [1.82, 2.24) is 13.9 Å². The Morgan fingerprint density at radius 3 is 2.52 bits per heavy atom. The Morgan fingerprint density at radius 1 is 1.29 bits per heavy atom. The zero-order valence-corrected chi connectivity index (χ0v) is 13.4. The van der Waals surface area contributed by atoms with Gasteiger partial charge in [0.25, 0.3) is 5.56 Å². The molecule has 2 heterocycles. The van der Waals surface area contributed by atoms with E-state index in [2.05, 4.69) is 4.72 Å². The number of nitrogens with zero attached hydrogens (tertiary/aromatic N) is 2. The molecule has 114 valence electrons. The molecule has 0 aliphatic heterocycles. The summed E-state index contributed by atoms with van der Waals surface area (Å²) in [6.07, 6.45) is 1.04. The molecule has 2 aromatic rings. The minimum Gasteiger partial charge on any atom is -0.302 e. The zero-order valence-electron chi connectivity index (χ0n) is 11.7. The maximum Gasteiger partial charge on any atom is 0.330 e. The molecule has 0 bridgehead atoms. The molecule has 0 saturated carbocycles. The van der Waals surface area contributed by atoms with E-state index in [-0.39, 0.29) is 0 Å². The second kappa shape index (κ2) is 5.58. The highest BCUT2D eigenvalue weighted by Gasteiger charge is 2.24. The van der Waals surface area contributed by atoms with Crippen LogP contribution in [0.3, 0.4) is 0 Å². The van der Waals surface area contributed by atoms with Crippen LogP contribution in [0.4, 0.5) is 0 Å². The Kier molecular flexibility index (Phi) is 4.17. The Balaban J connectivity index is 2.46. The van der Waals surface area contributed by atoms with Gasteiger partial charge in [-0.3, -0.25) is 9.36 Å². The molecule has 0 fully saturated rings. The maximum atomic E-state index is 12.3. The molecule has 21 heavy (non-hydrogen) atoms. The lowest BCUT2D eigenvalue weighted by Crippen LogP contribution is -2.41. The van der Waals surface area contributed by atoms with E-state index in [9.17, 15) is 18.0 Å². The first-order valence-corrected chi connectivity index (χ1v) is 8.42. The van der Waals surface area contributed by atoms with Crippen molar-refractivity contribution < 1.29 is 8.42 Å². The third-order valence-corrected chi connectivity index (χ3v) is 5.58. The SMILES string of the molecule is C[C@H](NS(=O)(=O)c1cn(C)c(=O)n(C)c1=O)c1cccs1. The Hall–Kier alpha value is -1.71. The van der Waals surface area contributed by atoms with Crippen LogP contribution in [0.15, 0.2) is 38.2 Å². The lowest BCUT2D eigenvalue weighted by atomic mass is 10.3. The van der Waals surface area contributed by atoms with E-state index < -0.39 is 32.2 Å². The van der Waals surface area contributed by atoms with Crippen molar-refractivity contribution in [2.45, 2.75) is 17.9 Å². The van der Waals surface area contributed by atoms with Gasteiger partial charge in [-0.05, 0) is 18.4 Å². The van der Waals surface area contributed by atoms with Gasteiger partial charge in [0.2, 0.25) is 10.0 Å². The predicted octanol–water partition coefficient (Wildman–Crippen LogP) is 0.185. The van der Waals surface area contributed by atoms with Gasteiger partial charge in [-0.15, -0.1) is 11.3 Å². The molecule has 0 aliphatic rings. The number of thiophene rings is 1. The van der Waals surface area contributed by atoms with Crippen LogP contribution in [0.2, 0.25) is 0 Å². The Labute approximate surface area is 125 Å². The number of aryl methyl sites for hydroxylation is 1. The van der Waals surface area contributed by atoms with Gasteiger partial charge in [0, 0.05) is 25.2 Å². The molecule has 0 amide bonds. The van der Waals surface area contributed by atoms with Crippen molar-refractivity contribution in [2.24, 2.45) is 14.1 Å². The molecule has 0 unspecified atom stereocenters. The number of aromatic nitrogens is 2. The molecule has 0 spiro atoms. The summed E-state index contributed by atoms with van der Waals surface area (Å²) in [5, 5.41) is 1.84. The minimum atomic E-state index is -4.01. The van der Waals surface area contributed by atoms with Gasteiger partial charge in [0.05, 0.1) is 6.04 Å². The summed E-state index contributed by atoms with van der Waals surface area (Å²) >= 11 is 1.41. The third kappa shape index (κ3) is 2.99. The molecule has 7 nitrogen and oxygen atoms in total. The summed E-state index contributed by atoms with van der Waals surface area (Å²) in [5.74, 6) is 0. The van der Waals surface area contributed by atoms with Crippen molar-refractivity contribution >= 4 is 21.4 Å². The molecule has 1 N–H and O–H groups in total. The number of hydrogen-bond acceptors (Lipinski definition) is 5. The van der Waals surface area contributed by atoms with Gasteiger partial charge in [-0.2, -0.15) is 0 Å². The first kappa shape index (κ1) is 15.7. The normalized spacial score (nSPS) is 13.3. The molecule has 1 atom stereocenters. The molecule has 0 saturated heterocycles. The van der Waals surface area contributed by atoms with E-state index >= 15 is 0 Å². The van der Waals surface area contributed by atoms with E-state index in [4.69, 9.17) is 0 Å². The largest absolute Gasteiger partial charge is 0.330 e. The molecule has 9 heteroatoms. The van der Waals surface area contributed by atoms with Gasteiger partial charge < -0.3 is 4.57 Å². The van der Waals surface area contributed by atoms with Crippen molar-refractivity contribution in [1.29, 1.82) is 0 Å². The maximum absolute atomic E-state index is 12.3. The van der Waals surface area contributed by atoms with Crippen LogP contribution in [-0.2, 0) is 24.1 Å².